The number of ether oxygens (including phenoxy) is 1. The number of hydrogen-bond donors (Lipinski definition) is 0. The number of pyridine rings is 1. The summed E-state index contributed by atoms with van der Waals surface area (Å²) < 4.78 is 21.2. The monoisotopic (exact) mass is 483 g/mol. The molecular formula is C32H50FNO. The van der Waals surface area contributed by atoms with Crippen LogP contribution >= 0.6 is 0 Å². The number of rotatable bonds is 9. The summed E-state index contributed by atoms with van der Waals surface area (Å²) in [5, 5.41) is 0. The summed E-state index contributed by atoms with van der Waals surface area (Å²) in [7, 11) is 0. The first-order chi connectivity index (χ1) is 16.3. The molecule has 0 bridgehead atoms. The van der Waals surface area contributed by atoms with Crippen molar-refractivity contribution in [2.75, 3.05) is 6.61 Å². The first-order valence-electron chi connectivity index (χ1n) is 13.2. The van der Waals surface area contributed by atoms with Crippen LogP contribution in [-0.4, -0.2) is 17.2 Å². The smallest absolute Gasteiger partial charge is 0.107 e. The van der Waals surface area contributed by atoms with Crippen LogP contribution < -0.4 is 0 Å². The molecule has 2 nitrogen and oxygen atoms in total. The Hall–Kier alpha value is -2.00. The molecule has 1 aromatic heterocycles. The quantitative estimate of drug-likeness (QED) is 0.326. The second-order valence-corrected chi connectivity index (χ2v) is 11.5. The van der Waals surface area contributed by atoms with Crippen LogP contribution in [0.1, 0.15) is 106 Å². The minimum Gasteiger partial charge on any atom is -0.375 e. The Morgan fingerprint density at radius 2 is 1.80 bits per heavy atom. The van der Waals surface area contributed by atoms with Gasteiger partial charge in [0, 0.05) is 24.3 Å². The van der Waals surface area contributed by atoms with Crippen LogP contribution in [0.2, 0.25) is 0 Å². The summed E-state index contributed by atoms with van der Waals surface area (Å²) in [6, 6.07) is 3.99. The third-order valence-electron chi connectivity index (χ3n) is 6.29. The summed E-state index contributed by atoms with van der Waals surface area (Å²) in [6.45, 7) is 25.9. The minimum atomic E-state index is -0.576. The normalized spacial score (nSPS) is 18.4. The Labute approximate surface area is 215 Å². The largest absolute Gasteiger partial charge is 0.375 e. The predicted molar refractivity (Wildman–Crippen MR) is 151 cm³/mol. The van der Waals surface area contributed by atoms with Crippen molar-refractivity contribution in [2.45, 2.75) is 107 Å². The number of halogens is 1. The maximum atomic E-state index is 15.1. The van der Waals surface area contributed by atoms with E-state index in [1.807, 2.05) is 46.0 Å². The molecule has 1 heterocycles. The lowest BCUT2D eigenvalue weighted by molar-refractivity contribution is -0.0631. The third kappa shape index (κ3) is 10.3. The molecule has 1 aromatic rings. The van der Waals surface area contributed by atoms with Crippen molar-refractivity contribution in [2.24, 2.45) is 11.3 Å². The van der Waals surface area contributed by atoms with Gasteiger partial charge in [-0.15, -0.1) is 6.58 Å². The van der Waals surface area contributed by atoms with Crippen molar-refractivity contribution in [3.05, 3.63) is 70.9 Å². The highest BCUT2D eigenvalue weighted by Gasteiger charge is 2.40. The maximum absolute atomic E-state index is 15.1. The van der Waals surface area contributed by atoms with Gasteiger partial charge < -0.3 is 4.74 Å². The molecule has 2 atom stereocenters. The summed E-state index contributed by atoms with van der Waals surface area (Å²) in [6.07, 6.45) is 10.4. The maximum Gasteiger partial charge on any atom is 0.107 e. The van der Waals surface area contributed by atoms with E-state index in [1.54, 1.807) is 6.08 Å². The molecular weight excluding hydrogens is 433 g/mol. The fourth-order valence-electron chi connectivity index (χ4n) is 4.98. The van der Waals surface area contributed by atoms with Crippen LogP contribution in [0, 0.1) is 18.3 Å². The molecule has 3 heteroatoms. The average Bonchev–Trinajstić information content (AvgIpc) is 2.73. The van der Waals surface area contributed by atoms with Crippen molar-refractivity contribution >= 4 is 5.57 Å². The summed E-state index contributed by atoms with van der Waals surface area (Å²) in [5.74, 6) is -0.403. The van der Waals surface area contributed by atoms with E-state index in [1.165, 1.54) is 24.0 Å². The molecule has 0 radical (unpaired) electrons. The van der Waals surface area contributed by atoms with Gasteiger partial charge in [-0.3, -0.25) is 4.98 Å². The predicted octanol–water partition coefficient (Wildman–Crippen LogP) is 9.97. The molecule has 0 fully saturated rings. The zero-order valence-electron chi connectivity index (χ0n) is 24.1. The van der Waals surface area contributed by atoms with Crippen molar-refractivity contribution in [3.8, 4) is 0 Å². The minimum absolute atomic E-state index is 0.119. The van der Waals surface area contributed by atoms with Crippen molar-refractivity contribution in [1.29, 1.82) is 0 Å². The molecule has 0 spiro atoms. The number of hydrogen-bond acceptors (Lipinski definition) is 2. The molecule has 0 saturated heterocycles. The molecule has 0 amide bonds. The Morgan fingerprint density at radius 1 is 1.14 bits per heavy atom. The molecule has 35 heavy (non-hydrogen) atoms. The Bertz CT molecular complexity index is 914. The second-order valence-electron chi connectivity index (χ2n) is 11.5. The second kappa shape index (κ2) is 13.9. The molecule has 2 rings (SSSR count). The van der Waals surface area contributed by atoms with E-state index in [0.29, 0.717) is 24.9 Å². The number of allylic oxidation sites excluding steroid dienone is 5. The van der Waals surface area contributed by atoms with Crippen molar-refractivity contribution in [1.82, 2.24) is 4.98 Å². The third-order valence-corrected chi connectivity index (χ3v) is 6.29. The lowest BCUT2D eigenvalue weighted by atomic mass is 9.74. The van der Waals surface area contributed by atoms with Gasteiger partial charge in [0.1, 0.15) is 5.83 Å². The van der Waals surface area contributed by atoms with Gasteiger partial charge in [-0.05, 0) is 89.8 Å². The highest BCUT2D eigenvalue weighted by molar-refractivity contribution is 5.76. The topological polar surface area (TPSA) is 22.1 Å². The first-order valence-corrected chi connectivity index (χ1v) is 13.2. The van der Waals surface area contributed by atoms with Crippen LogP contribution in [0.25, 0.3) is 5.57 Å². The van der Waals surface area contributed by atoms with Gasteiger partial charge in [-0.1, -0.05) is 63.5 Å². The Balaban J connectivity index is 0.000000518. The molecule has 0 N–H and O–H groups in total. The highest BCUT2D eigenvalue weighted by atomic mass is 19.1. The van der Waals surface area contributed by atoms with E-state index in [0.717, 1.165) is 28.8 Å². The van der Waals surface area contributed by atoms with E-state index in [4.69, 9.17) is 4.74 Å². The zero-order valence-corrected chi connectivity index (χ0v) is 24.1. The molecule has 1 aliphatic carbocycles. The van der Waals surface area contributed by atoms with Crippen molar-refractivity contribution < 1.29 is 9.13 Å². The Kier molecular flexibility index (Phi) is 12.3. The van der Waals surface area contributed by atoms with E-state index in [-0.39, 0.29) is 11.7 Å². The SMILES string of the molecule is C=C(C)CC(C)(OCC)C1CC(CC)=C(c2ccc(C)cn2)C=C1F.CC/C=C(\C)CC(C)(C)C. The number of aromatic nitrogens is 1. The zero-order chi connectivity index (χ0) is 26.8. The number of aryl methyl sites for hydroxylation is 1. The molecule has 2 unspecified atom stereocenters. The van der Waals surface area contributed by atoms with Gasteiger partial charge in [0.15, 0.2) is 0 Å². The van der Waals surface area contributed by atoms with Gasteiger partial charge in [-0.25, -0.2) is 4.39 Å². The summed E-state index contributed by atoms with van der Waals surface area (Å²) in [4.78, 5) is 4.49. The van der Waals surface area contributed by atoms with Crippen LogP contribution in [0.3, 0.4) is 0 Å². The Morgan fingerprint density at radius 3 is 2.26 bits per heavy atom. The summed E-state index contributed by atoms with van der Waals surface area (Å²) in [5.41, 5.74) is 6.51. The van der Waals surface area contributed by atoms with Crippen molar-refractivity contribution in [3.63, 3.8) is 0 Å². The van der Waals surface area contributed by atoms with Gasteiger partial charge >= 0.3 is 0 Å². The van der Waals surface area contributed by atoms with E-state index >= 15 is 4.39 Å². The van der Waals surface area contributed by atoms with E-state index in [2.05, 4.69) is 59.2 Å². The van der Waals surface area contributed by atoms with Gasteiger partial charge in [-0.2, -0.15) is 0 Å². The van der Waals surface area contributed by atoms with E-state index in [9.17, 15) is 0 Å². The molecule has 0 saturated carbocycles. The summed E-state index contributed by atoms with van der Waals surface area (Å²) >= 11 is 0. The fraction of sp³-hybridized carbons (Fsp3) is 0.594. The molecule has 0 aliphatic heterocycles. The number of nitrogens with zero attached hydrogens (tertiary/aromatic N) is 1. The van der Waals surface area contributed by atoms with Gasteiger partial charge in [0.25, 0.3) is 0 Å². The molecule has 1 aliphatic rings. The lowest BCUT2D eigenvalue weighted by Gasteiger charge is -2.39. The van der Waals surface area contributed by atoms with Crippen LogP contribution in [0.5, 0.6) is 0 Å². The molecule has 196 valence electrons. The lowest BCUT2D eigenvalue weighted by Crippen LogP contribution is -2.40. The van der Waals surface area contributed by atoms with Gasteiger partial charge in [0.05, 0.1) is 11.3 Å². The van der Waals surface area contributed by atoms with Crippen LogP contribution in [0.15, 0.2) is 59.6 Å². The molecule has 0 aromatic carbocycles. The van der Waals surface area contributed by atoms with Crippen LogP contribution in [-0.2, 0) is 4.74 Å². The van der Waals surface area contributed by atoms with Crippen LogP contribution in [0.4, 0.5) is 4.39 Å². The van der Waals surface area contributed by atoms with E-state index < -0.39 is 5.60 Å². The van der Waals surface area contributed by atoms with Gasteiger partial charge in [0.2, 0.25) is 0 Å². The highest BCUT2D eigenvalue weighted by Crippen LogP contribution is 2.44. The standard InChI is InChI=1S/C22H30FNO.C10H20/c1-7-17-11-19(22(6,25-8-2)13-15(3)4)20(23)12-18(17)21-10-9-16(5)14-24-21;1-6-7-9(2)8-10(3,4)5/h9-10,12,14,19H,3,7-8,11,13H2,1-2,4-6H3;7H,6,8H2,1-5H3/b;9-7+. The fourth-order valence-corrected chi connectivity index (χ4v) is 4.98. The average molecular weight is 484 g/mol. The first kappa shape index (κ1) is 31.0.